The van der Waals surface area contributed by atoms with Gasteiger partial charge in [-0.05, 0) is 44.7 Å². The zero-order valence-corrected chi connectivity index (χ0v) is 11.3. The molecule has 0 bridgehead atoms. The summed E-state index contributed by atoms with van der Waals surface area (Å²) in [5.41, 5.74) is 1.88. The molecular weight excluding hydrogens is 244 g/mol. The Kier molecular flexibility index (Phi) is 3.83. The maximum Gasteiger partial charge on any atom is 0.269 e. The summed E-state index contributed by atoms with van der Waals surface area (Å²) in [6.07, 6.45) is 2.98. The Balaban J connectivity index is 2.34. The molecule has 102 valence electrons. The van der Waals surface area contributed by atoms with Crippen LogP contribution in [0.25, 0.3) is 0 Å². The van der Waals surface area contributed by atoms with Crippen molar-refractivity contribution in [1.82, 2.24) is 0 Å². The third-order valence-corrected chi connectivity index (χ3v) is 3.67. The van der Waals surface area contributed by atoms with Crippen molar-refractivity contribution in [1.29, 1.82) is 0 Å². The molecule has 0 N–H and O–H groups in total. The molecule has 0 aromatic heterocycles. The molecule has 0 spiro atoms. The number of nitro groups is 1. The molecule has 1 aliphatic heterocycles. The summed E-state index contributed by atoms with van der Waals surface area (Å²) in [5, 5.41) is 10.8. The van der Waals surface area contributed by atoms with E-state index in [2.05, 4.69) is 4.90 Å². The standard InChI is InChI=1S/C14H18N2O3/c1-10-9-12(16(18)19)6-7-13(10)15-8-4-3-5-14(15)11(2)17/h6-7,9,14H,3-5,8H2,1-2H3. The lowest BCUT2D eigenvalue weighted by Gasteiger charge is -2.36. The molecule has 19 heavy (non-hydrogen) atoms. The summed E-state index contributed by atoms with van der Waals surface area (Å²) in [4.78, 5) is 24.2. The minimum atomic E-state index is -0.393. The number of nitro benzene ring substituents is 1. The average molecular weight is 262 g/mol. The van der Waals surface area contributed by atoms with Crippen molar-refractivity contribution in [3.05, 3.63) is 33.9 Å². The third kappa shape index (κ3) is 2.75. The summed E-state index contributed by atoms with van der Waals surface area (Å²) >= 11 is 0. The maximum absolute atomic E-state index is 11.7. The fourth-order valence-corrected chi connectivity index (χ4v) is 2.72. The number of benzene rings is 1. The van der Waals surface area contributed by atoms with E-state index in [4.69, 9.17) is 0 Å². The number of rotatable bonds is 3. The van der Waals surface area contributed by atoms with Crippen LogP contribution in [0.5, 0.6) is 0 Å². The van der Waals surface area contributed by atoms with Gasteiger partial charge in [-0.3, -0.25) is 14.9 Å². The van der Waals surface area contributed by atoms with Crippen molar-refractivity contribution < 1.29 is 9.72 Å². The Morgan fingerprint density at radius 3 is 2.74 bits per heavy atom. The molecule has 0 saturated carbocycles. The number of piperidine rings is 1. The van der Waals surface area contributed by atoms with E-state index in [0.717, 1.165) is 37.1 Å². The number of nitrogens with zero attached hydrogens (tertiary/aromatic N) is 2. The van der Waals surface area contributed by atoms with Crippen LogP contribution in [0, 0.1) is 17.0 Å². The van der Waals surface area contributed by atoms with Gasteiger partial charge in [0.15, 0.2) is 5.78 Å². The van der Waals surface area contributed by atoms with Crippen LogP contribution in [0.15, 0.2) is 18.2 Å². The zero-order valence-electron chi connectivity index (χ0n) is 11.3. The van der Waals surface area contributed by atoms with Crippen LogP contribution in [0.3, 0.4) is 0 Å². The Hall–Kier alpha value is -1.91. The van der Waals surface area contributed by atoms with E-state index in [1.807, 2.05) is 6.92 Å². The smallest absolute Gasteiger partial charge is 0.269 e. The molecule has 0 radical (unpaired) electrons. The summed E-state index contributed by atoms with van der Waals surface area (Å²) in [6, 6.07) is 4.75. The Labute approximate surface area is 112 Å². The van der Waals surface area contributed by atoms with E-state index in [1.54, 1.807) is 19.1 Å². The van der Waals surface area contributed by atoms with Crippen molar-refractivity contribution >= 4 is 17.2 Å². The summed E-state index contributed by atoms with van der Waals surface area (Å²) in [5.74, 6) is 0.164. The highest BCUT2D eigenvalue weighted by Crippen LogP contribution is 2.30. The van der Waals surface area contributed by atoms with Crippen LogP contribution in [-0.2, 0) is 4.79 Å². The van der Waals surface area contributed by atoms with Crippen molar-refractivity contribution in [2.45, 2.75) is 39.2 Å². The number of ketones is 1. The summed E-state index contributed by atoms with van der Waals surface area (Å²) in [7, 11) is 0. The first-order chi connectivity index (χ1) is 9.00. The lowest BCUT2D eigenvalue weighted by molar-refractivity contribution is -0.384. The molecule has 1 aromatic rings. The SMILES string of the molecule is CC(=O)C1CCCCN1c1ccc([N+](=O)[O-])cc1C. The Morgan fingerprint density at radius 1 is 1.42 bits per heavy atom. The number of non-ortho nitro benzene ring substituents is 1. The maximum atomic E-state index is 11.7. The zero-order chi connectivity index (χ0) is 14.0. The van der Waals surface area contributed by atoms with Gasteiger partial charge in [-0.1, -0.05) is 0 Å². The number of aryl methyl sites for hydroxylation is 1. The van der Waals surface area contributed by atoms with Crippen LogP contribution < -0.4 is 4.90 Å². The molecule has 1 aromatic carbocycles. The molecule has 1 aliphatic rings. The highest BCUT2D eigenvalue weighted by molar-refractivity contribution is 5.85. The normalized spacial score (nSPS) is 19.3. The fraction of sp³-hybridized carbons (Fsp3) is 0.500. The second-order valence-corrected chi connectivity index (χ2v) is 5.04. The van der Waals surface area contributed by atoms with Gasteiger partial charge in [-0.2, -0.15) is 0 Å². The fourth-order valence-electron chi connectivity index (χ4n) is 2.72. The van der Waals surface area contributed by atoms with Gasteiger partial charge >= 0.3 is 0 Å². The minimum Gasteiger partial charge on any atom is -0.361 e. The number of carbonyl (C=O) groups is 1. The first kappa shape index (κ1) is 13.5. The lowest BCUT2D eigenvalue weighted by Crippen LogP contribution is -2.44. The molecule has 1 saturated heterocycles. The topological polar surface area (TPSA) is 63.5 Å². The van der Waals surface area contributed by atoms with Crippen molar-refractivity contribution in [2.24, 2.45) is 0 Å². The van der Waals surface area contributed by atoms with Crippen LogP contribution in [0.2, 0.25) is 0 Å². The van der Waals surface area contributed by atoms with Crippen LogP contribution in [-0.4, -0.2) is 23.3 Å². The molecular formula is C14H18N2O3. The van der Waals surface area contributed by atoms with Crippen molar-refractivity contribution in [2.75, 3.05) is 11.4 Å². The van der Waals surface area contributed by atoms with Crippen LogP contribution in [0.1, 0.15) is 31.7 Å². The number of Topliss-reactive ketones (excluding diaryl/α,β-unsaturated/α-hetero) is 1. The van der Waals surface area contributed by atoms with E-state index < -0.39 is 4.92 Å². The molecule has 5 nitrogen and oxygen atoms in total. The van der Waals surface area contributed by atoms with Gasteiger partial charge in [0.25, 0.3) is 5.69 Å². The lowest BCUT2D eigenvalue weighted by atomic mass is 9.97. The summed E-state index contributed by atoms with van der Waals surface area (Å²) < 4.78 is 0. The van der Waals surface area contributed by atoms with E-state index in [-0.39, 0.29) is 17.5 Å². The second kappa shape index (κ2) is 5.38. The Bertz CT molecular complexity index is 513. The summed E-state index contributed by atoms with van der Waals surface area (Å²) in [6.45, 7) is 4.31. The molecule has 1 fully saturated rings. The molecule has 1 heterocycles. The molecule has 5 heteroatoms. The van der Waals surface area contributed by atoms with Crippen molar-refractivity contribution in [3.8, 4) is 0 Å². The number of anilines is 1. The third-order valence-electron chi connectivity index (χ3n) is 3.67. The van der Waals surface area contributed by atoms with Gasteiger partial charge in [0.05, 0.1) is 11.0 Å². The van der Waals surface area contributed by atoms with Gasteiger partial charge in [0.2, 0.25) is 0 Å². The number of carbonyl (C=O) groups excluding carboxylic acids is 1. The first-order valence-corrected chi connectivity index (χ1v) is 6.53. The van der Waals surface area contributed by atoms with Crippen LogP contribution >= 0.6 is 0 Å². The van der Waals surface area contributed by atoms with Gasteiger partial charge in [0, 0.05) is 24.4 Å². The van der Waals surface area contributed by atoms with Gasteiger partial charge in [-0.15, -0.1) is 0 Å². The van der Waals surface area contributed by atoms with E-state index in [0.29, 0.717) is 0 Å². The van der Waals surface area contributed by atoms with Crippen LogP contribution in [0.4, 0.5) is 11.4 Å². The monoisotopic (exact) mass is 262 g/mol. The average Bonchev–Trinajstić information content (AvgIpc) is 2.38. The highest BCUT2D eigenvalue weighted by Gasteiger charge is 2.27. The van der Waals surface area contributed by atoms with Crippen molar-refractivity contribution in [3.63, 3.8) is 0 Å². The largest absolute Gasteiger partial charge is 0.361 e. The highest BCUT2D eigenvalue weighted by atomic mass is 16.6. The molecule has 1 atom stereocenters. The van der Waals surface area contributed by atoms with Gasteiger partial charge in [-0.25, -0.2) is 0 Å². The van der Waals surface area contributed by atoms with E-state index in [1.165, 1.54) is 6.07 Å². The molecule has 1 unspecified atom stereocenters. The molecule has 0 amide bonds. The van der Waals surface area contributed by atoms with E-state index in [9.17, 15) is 14.9 Å². The number of hydrogen-bond donors (Lipinski definition) is 0. The minimum absolute atomic E-state index is 0.0890. The molecule has 0 aliphatic carbocycles. The first-order valence-electron chi connectivity index (χ1n) is 6.53. The van der Waals surface area contributed by atoms with Gasteiger partial charge in [0.1, 0.15) is 0 Å². The number of hydrogen-bond acceptors (Lipinski definition) is 4. The predicted octanol–water partition coefficient (Wildman–Crippen LogP) is 2.85. The predicted molar refractivity (Wildman–Crippen MR) is 73.5 cm³/mol. The van der Waals surface area contributed by atoms with E-state index >= 15 is 0 Å². The van der Waals surface area contributed by atoms with Gasteiger partial charge < -0.3 is 4.90 Å². The Morgan fingerprint density at radius 2 is 2.16 bits per heavy atom. The second-order valence-electron chi connectivity index (χ2n) is 5.04. The quantitative estimate of drug-likeness (QED) is 0.620. The molecule has 2 rings (SSSR count).